The summed E-state index contributed by atoms with van der Waals surface area (Å²) >= 11 is 0. The Morgan fingerprint density at radius 3 is 2.40 bits per heavy atom. The van der Waals surface area contributed by atoms with Gasteiger partial charge >= 0.3 is 0 Å². The monoisotopic (exact) mass is 303 g/mol. The van der Waals surface area contributed by atoms with Crippen molar-refractivity contribution in [3.8, 4) is 0 Å². The fourth-order valence-electron chi connectivity index (χ4n) is 3.60. The van der Waals surface area contributed by atoms with Crippen molar-refractivity contribution < 1.29 is 8.42 Å². The molecule has 0 radical (unpaired) electrons. The number of rotatable bonds is 5. The molecule has 1 aliphatic carbocycles. The summed E-state index contributed by atoms with van der Waals surface area (Å²) in [7, 11) is -3.31. The van der Waals surface area contributed by atoms with Crippen LogP contribution in [0.4, 0.5) is 0 Å². The molecule has 1 saturated heterocycles. The summed E-state index contributed by atoms with van der Waals surface area (Å²) in [4.78, 5) is 0. The third kappa shape index (κ3) is 3.18. The van der Waals surface area contributed by atoms with E-state index in [-0.39, 0.29) is 6.04 Å². The quantitative estimate of drug-likeness (QED) is 0.835. The third-order valence-electron chi connectivity index (χ3n) is 4.97. The molecular formula is C14H29N3O2S. The van der Waals surface area contributed by atoms with Gasteiger partial charge < -0.3 is 5.73 Å². The molecule has 20 heavy (non-hydrogen) atoms. The molecule has 1 aliphatic heterocycles. The van der Waals surface area contributed by atoms with E-state index < -0.39 is 10.2 Å². The van der Waals surface area contributed by atoms with Crippen molar-refractivity contribution in [3.05, 3.63) is 0 Å². The molecule has 0 spiro atoms. The Bertz CT molecular complexity index is 405. The van der Waals surface area contributed by atoms with Crippen LogP contribution >= 0.6 is 0 Å². The van der Waals surface area contributed by atoms with Crippen LogP contribution < -0.4 is 5.73 Å². The Kier molecular flexibility index (Phi) is 5.45. The minimum atomic E-state index is -3.31. The van der Waals surface area contributed by atoms with Crippen LogP contribution in [0.2, 0.25) is 0 Å². The van der Waals surface area contributed by atoms with Gasteiger partial charge in [0.1, 0.15) is 0 Å². The zero-order valence-corrected chi connectivity index (χ0v) is 13.6. The summed E-state index contributed by atoms with van der Waals surface area (Å²) in [6, 6.07) is 0.106. The van der Waals surface area contributed by atoms with Gasteiger partial charge in [-0.1, -0.05) is 20.3 Å². The highest BCUT2D eigenvalue weighted by molar-refractivity contribution is 7.86. The second-order valence-electron chi connectivity index (χ2n) is 6.29. The lowest BCUT2D eigenvalue weighted by Crippen LogP contribution is -2.52. The van der Waals surface area contributed by atoms with E-state index in [4.69, 9.17) is 5.73 Å². The molecule has 5 nitrogen and oxygen atoms in total. The van der Waals surface area contributed by atoms with Crippen molar-refractivity contribution in [3.63, 3.8) is 0 Å². The third-order valence-corrected chi connectivity index (χ3v) is 7.11. The molecule has 1 heterocycles. The van der Waals surface area contributed by atoms with E-state index in [9.17, 15) is 8.42 Å². The zero-order valence-electron chi connectivity index (χ0n) is 12.8. The molecule has 6 heteroatoms. The van der Waals surface area contributed by atoms with Gasteiger partial charge in [0.15, 0.2) is 0 Å². The molecule has 0 amide bonds. The maximum Gasteiger partial charge on any atom is 0.282 e. The highest BCUT2D eigenvalue weighted by Crippen LogP contribution is 2.32. The van der Waals surface area contributed by atoms with Gasteiger partial charge in [-0.15, -0.1) is 0 Å². The van der Waals surface area contributed by atoms with Gasteiger partial charge in [0, 0.05) is 25.7 Å². The second kappa shape index (κ2) is 6.73. The van der Waals surface area contributed by atoms with Crippen LogP contribution in [0.25, 0.3) is 0 Å². The van der Waals surface area contributed by atoms with Crippen LogP contribution in [0.3, 0.4) is 0 Å². The van der Waals surface area contributed by atoms with Crippen molar-refractivity contribution in [2.45, 2.75) is 52.0 Å². The largest absolute Gasteiger partial charge is 0.330 e. The van der Waals surface area contributed by atoms with Crippen molar-refractivity contribution >= 4 is 10.2 Å². The number of hydrogen-bond acceptors (Lipinski definition) is 3. The van der Waals surface area contributed by atoms with Gasteiger partial charge in [-0.25, -0.2) is 0 Å². The van der Waals surface area contributed by atoms with Crippen LogP contribution in [-0.4, -0.2) is 49.2 Å². The van der Waals surface area contributed by atoms with Gasteiger partial charge in [0.2, 0.25) is 0 Å². The molecule has 2 aliphatic rings. The molecule has 0 aromatic rings. The lowest BCUT2D eigenvalue weighted by molar-refractivity contribution is 0.227. The predicted molar refractivity (Wildman–Crippen MR) is 81.5 cm³/mol. The summed E-state index contributed by atoms with van der Waals surface area (Å²) in [6.45, 7) is 6.61. The van der Waals surface area contributed by atoms with Gasteiger partial charge in [0.25, 0.3) is 10.2 Å². The number of nitrogens with two attached hydrogens (primary N) is 1. The molecular weight excluding hydrogens is 274 g/mol. The van der Waals surface area contributed by atoms with Gasteiger partial charge in [-0.05, 0) is 44.1 Å². The van der Waals surface area contributed by atoms with Crippen LogP contribution in [0.15, 0.2) is 0 Å². The van der Waals surface area contributed by atoms with E-state index in [0.717, 1.165) is 32.1 Å². The Labute approximate surface area is 123 Å². The standard InChI is InChI=1S/C14H29N3O2S/c1-3-17(14-6-4-5-13(14)11-15)20(18,19)16-9-7-12(2)8-10-16/h12-14H,3-11,15H2,1-2H3. The molecule has 0 bridgehead atoms. The smallest absolute Gasteiger partial charge is 0.282 e. The maximum absolute atomic E-state index is 12.9. The van der Waals surface area contributed by atoms with E-state index in [2.05, 4.69) is 6.92 Å². The Morgan fingerprint density at radius 1 is 1.20 bits per heavy atom. The average molecular weight is 303 g/mol. The SMILES string of the molecule is CCN(C1CCCC1CN)S(=O)(=O)N1CCC(C)CC1. The molecule has 2 unspecified atom stereocenters. The van der Waals surface area contributed by atoms with E-state index in [1.54, 1.807) is 8.61 Å². The first kappa shape index (κ1) is 16.2. The molecule has 2 atom stereocenters. The second-order valence-corrected chi connectivity index (χ2v) is 8.17. The van der Waals surface area contributed by atoms with E-state index >= 15 is 0 Å². The number of piperidine rings is 1. The van der Waals surface area contributed by atoms with Crippen molar-refractivity contribution in [2.75, 3.05) is 26.2 Å². The Morgan fingerprint density at radius 2 is 1.85 bits per heavy atom. The lowest BCUT2D eigenvalue weighted by atomic mass is 10.0. The minimum Gasteiger partial charge on any atom is -0.330 e. The lowest BCUT2D eigenvalue weighted by Gasteiger charge is -2.37. The van der Waals surface area contributed by atoms with E-state index in [0.29, 0.717) is 38.0 Å². The highest BCUT2D eigenvalue weighted by Gasteiger charge is 2.40. The summed E-state index contributed by atoms with van der Waals surface area (Å²) in [6.07, 6.45) is 5.06. The summed E-state index contributed by atoms with van der Waals surface area (Å²) < 4.78 is 29.2. The first-order valence-electron chi connectivity index (χ1n) is 7.97. The molecule has 2 N–H and O–H groups in total. The van der Waals surface area contributed by atoms with Crippen LogP contribution in [0.1, 0.15) is 46.0 Å². The van der Waals surface area contributed by atoms with Gasteiger partial charge in [-0.2, -0.15) is 17.0 Å². The van der Waals surface area contributed by atoms with Crippen molar-refractivity contribution in [1.82, 2.24) is 8.61 Å². The topological polar surface area (TPSA) is 66.6 Å². The zero-order chi connectivity index (χ0) is 14.8. The first-order chi connectivity index (χ1) is 9.50. The fraction of sp³-hybridized carbons (Fsp3) is 1.00. The van der Waals surface area contributed by atoms with Gasteiger partial charge in [-0.3, -0.25) is 0 Å². The first-order valence-corrected chi connectivity index (χ1v) is 9.37. The Hall–Kier alpha value is -0.170. The summed E-state index contributed by atoms with van der Waals surface area (Å²) in [5.41, 5.74) is 5.82. The molecule has 2 fully saturated rings. The molecule has 2 rings (SSSR count). The minimum absolute atomic E-state index is 0.106. The molecule has 1 saturated carbocycles. The van der Waals surface area contributed by atoms with E-state index in [1.807, 2.05) is 6.92 Å². The summed E-state index contributed by atoms with van der Waals surface area (Å²) in [5.74, 6) is 0.966. The average Bonchev–Trinajstić information content (AvgIpc) is 2.88. The Balaban J connectivity index is 2.13. The van der Waals surface area contributed by atoms with Crippen LogP contribution in [0, 0.1) is 11.8 Å². The summed E-state index contributed by atoms with van der Waals surface area (Å²) in [5, 5.41) is 0. The predicted octanol–water partition coefficient (Wildman–Crippen LogP) is 1.41. The normalized spacial score (nSPS) is 30.2. The molecule has 0 aromatic heterocycles. The van der Waals surface area contributed by atoms with E-state index in [1.165, 1.54) is 0 Å². The van der Waals surface area contributed by atoms with Crippen molar-refractivity contribution in [1.29, 1.82) is 0 Å². The fourth-order valence-corrected chi connectivity index (χ4v) is 5.52. The number of hydrogen-bond donors (Lipinski definition) is 1. The van der Waals surface area contributed by atoms with Crippen LogP contribution in [-0.2, 0) is 10.2 Å². The molecule has 118 valence electrons. The number of nitrogens with zero attached hydrogens (tertiary/aromatic N) is 2. The molecule has 0 aromatic carbocycles. The van der Waals surface area contributed by atoms with Crippen LogP contribution in [0.5, 0.6) is 0 Å². The van der Waals surface area contributed by atoms with Crippen molar-refractivity contribution in [2.24, 2.45) is 17.6 Å². The maximum atomic E-state index is 12.9. The highest BCUT2D eigenvalue weighted by atomic mass is 32.2. The van der Waals surface area contributed by atoms with Gasteiger partial charge in [0.05, 0.1) is 0 Å².